The van der Waals surface area contributed by atoms with Gasteiger partial charge in [0.25, 0.3) is 18.2 Å². The van der Waals surface area contributed by atoms with E-state index in [9.17, 15) is 31.5 Å². The van der Waals surface area contributed by atoms with Crippen molar-refractivity contribution in [3.63, 3.8) is 0 Å². The van der Waals surface area contributed by atoms with Crippen LogP contribution in [0.25, 0.3) is 10.9 Å². The summed E-state index contributed by atoms with van der Waals surface area (Å²) in [5, 5.41) is 3.46. The van der Waals surface area contributed by atoms with Crippen LogP contribution in [0.4, 0.5) is 27.6 Å². The molecular formula is C36H33BrF5N5O4. The first-order valence-electron chi connectivity index (χ1n) is 15.7. The highest BCUT2D eigenvalue weighted by Crippen LogP contribution is 2.30. The Kier molecular flexibility index (Phi) is 11.6. The fourth-order valence-corrected chi connectivity index (χ4v) is 5.61. The van der Waals surface area contributed by atoms with Gasteiger partial charge in [0, 0.05) is 62.9 Å². The minimum Gasteiger partial charge on any atom is -0.488 e. The van der Waals surface area contributed by atoms with Gasteiger partial charge in [-0.05, 0) is 66.2 Å². The van der Waals surface area contributed by atoms with E-state index in [-0.39, 0.29) is 34.3 Å². The maximum atomic E-state index is 13.5. The van der Waals surface area contributed by atoms with Crippen LogP contribution in [0.2, 0.25) is 0 Å². The van der Waals surface area contributed by atoms with Crippen molar-refractivity contribution in [3.8, 4) is 17.4 Å². The SMILES string of the molecule is Br.Cn1c(C(=O)N2CCN(Cc3ccc(OCC(F)F)cc3)CC2)cc2ccc(Oc3ccc(NC(=O)c4ccc(C(F)(F)F)cc4)cn3)cc21. The Labute approximate surface area is 300 Å². The average molecular weight is 775 g/mol. The van der Waals surface area contributed by atoms with Crippen molar-refractivity contribution in [2.24, 2.45) is 7.05 Å². The number of rotatable bonds is 10. The number of ether oxygens (including phenoxy) is 2. The van der Waals surface area contributed by atoms with Crippen LogP contribution in [-0.4, -0.2) is 70.4 Å². The van der Waals surface area contributed by atoms with Gasteiger partial charge in [-0.1, -0.05) is 12.1 Å². The number of hydrogen-bond acceptors (Lipinski definition) is 6. The second kappa shape index (κ2) is 15.9. The van der Waals surface area contributed by atoms with Gasteiger partial charge in [0.1, 0.15) is 23.8 Å². The van der Waals surface area contributed by atoms with Crippen molar-refractivity contribution in [1.29, 1.82) is 0 Å². The smallest absolute Gasteiger partial charge is 0.416 e. The molecule has 0 bridgehead atoms. The van der Waals surface area contributed by atoms with E-state index in [1.807, 2.05) is 40.8 Å². The lowest BCUT2D eigenvalue weighted by molar-refractivity contribution is -0.137. The van der Waals surface area contributed by atoms with Gasteiger partial charge in [0.2, 0.25) is 5.88 Å². The van der Waals surface area contributed by atoms with E-state index in [0.29, 0.717) is 55.6 Å². The molecule has 0 unspecified atom stereocenters. The third-order valence-corrected chi connectivity index (χ3v) is 8.29. The summed E-state index contributed by atoms with van der Waals surface area (Å²) in [5.41, 5.74) is 1.90. The number of nitrogens with one attached hydrogen (secondary N) is 1. The first-order valence-corrected chi connectivity index (χ1v) is 15.7. The van der Waals surface area contributed by atoms with Crippen molar-refractivity contribution in [3.05, 3.63) is 114 Å². The monoisotopic (exact) mass is 773 g/mol. The van der Waals surface area contributed by atoms with Gasteiger partial charge in [-0.2, -0.15) is 13.2 Å². The maximum Gasteiger partial charge on any atom is 0.416 e. The lowest BCUT2D eigenvalue weighted by Crippen LogP contribution is -2.48. The Balaban J connectivity index is 0.00000504. The van der Waals surface area contributed by atoms with Gasteiger partial charge in [-0.25, -0.2) is 13.8 Å². The van der Waals surface area contributed by atoms with Gasteiger partial charge >= 0.3 is 6.18 Å². The largest absolute Gasteiger partial charge is 0.488 e. The number of halogens is 6. The Bertz CT molecular complexity index is 1960. The Morgan fingerprint density at radius 1 is 0.882 bits per heavy atom. The molecule has 1 aliphatic heterocycles. The van der Waals surface area contributed by atoms with Crippen LogP contribution >= 0.6 is 17.0 Å². The number of carbonyl (C=O) groups is 2. The molecule has 2 aromatic heterocycles. The molecule has 0 radical (unpaired) electrons. The van der Waals surface area contributed by atoms with Crippen LogP contribution in [-0.2, 0) is 19.8 Å². The number of carbonyl (C=O) groups excluding carboxylic acids is 2. The summed E-state index contributed by atoms with van der Waals surface area (Å²) in [6.45, 7) is 2.50. The molecule has 15 heteroatoms. The molecule has 0 aliphatic carbocycles. The van der Waals surface area contributed by atoms with Crippen LogP contribution in [0.15, 0.2) is 91.1 Å². The minimum atomic E-state index is -4.49. The van der Waals surface area contributed by atoms with Crippen LogP contribution in [0, 0.1) is 0 Å². The molecule has 3 heterocycles. The fraction of sp³-hybridized carbons (Fsp3) is 0.250. The molecule has 268 valence electrons. The predicted octanol–water partition coefficient (Wildman–Crippen LogP) is 7.82. The molecule has 1 N–H and O–H groups in total. The van der Waals surface area contributed by atoms with E-state index >= 15 is 0 Å². The Morgan fingerprint density at radius 2 is 1.57 bits per heavy atom. The summed E-state index contributed by atoms with van der Waals surface area (Å²) in [6.07, 6.45) is -5.64. The topological polar surface area (TPSA) is 88.9 Å². The second-order valence-electron chi connectivity index (χ2n) is 11.7. The molecule has 0 saturated carbocycles. The zero-order valence-corrected chi connectivity index (χ0v) is 28.9. The molecular weight excluding hydrogens is 741 g/mol. The van der Waals surface area contributed by atoms with Crippen LogP contribution in [0.5, 0.6) is 17.4 Å². The maximum absolute atomic E-state index is 13.5. The predicted molar refractivity (Wildman–Crippen MR) is 186 cm³/mol. The number of aromatic nitrogens is 2. The number of anilines is 1. The van der Waals surface area contributed by atoms with Gasteiger partial charge in [0.15, 0.2) is 0 Å². The number of benzene rings is 3. The zero-order chi connectivity index (χ0) is 35.4. The third kappa shape index (κ3) is 9.21. The number of fused-ring (bicyclic) bond motifs is 1. The molecule has 1 aliphatic rings. The summed E-state index contributed by atoms with van der Waals surface area (Å²) in [6, 6.07) is 21.3. The van der Waals surface area contributed by atoms with E-state index in [2.05, 4.69) is 15.2 Å². The van der Waals surface area contributed by atoms with Crippen LogP contribution in [0.1, 0.15) is 32.0 Å². The van der Waals surface area contributed by atoms with Crippen molar-refractivity contribution >= 4 is 45.4 Å². The highest BCUT2D eigenvalue weighted by molar-refractivity contribution is 8.93. The molecule has 5 aromatic rings. The summed E-state index contributed by atoms with van der Waals surface area (Å²) >= 11 is 0. The molecule has 1 saturated heterocycles. The Morgan fingerprint density at radius 3 is 2.20 bits per heavy atom. The van der Waals surface area contributed by atoms with Crippen molar-refractivity contribution < 1.29 is 41.0 Å². The average Bonchev–Trinajstić information content (AvgIpc) is 3.43. The van der Waals surface area contributed by atoms with E-state index in [0.717, 1.165) is 40.7 Å². The number of nitrogens with zero attached hydrogens (tertiary/aromatic N) is 4. The Hall–Kier alpha value is -5.02. The molecule has 2 amide bonds. The quantitative estimate of drug-likeness (QED) is 0.146. The lowest BCUT2D eigenvalue weighted by atomic mass is 10.1. The van der Waals surface area contributed by atoms with Gasteiger partial charge in [0.05, 0.1) is 23.0 Å². The molecule has 9 nitrogen and oxygen atoms in total. The van der Waals surface area contributed by atoms with Gasteiger partial charge in [-0.15, -0.1) is 17.0 Å². The highest BCUT2D eigenvalue weighted by atomic mass is 79.9. The van der Waals surface area contributed by atoms with E-state index in [1.165, 1.54) is 6.20 Å². The number of hydrogen-bond donors (Lipinski definition) is 1. The van der Waals surface area contributed by atoms with Crippen molar-refractivity contribution in [2.75, 3.05) is 38.1 Å². The summed E-state index contributed by atoms with van der Waals surface area (Å²) < 4.78 is 76.0. The standard InChI is InChI=1S/C36H32F5N5O4.BrH/c1-44-30-19-29(50-33-13-9-27(20-42-33)43-34(47)24-4-7-26(8-5-24)36(39,40)41)12-6-25(30)18-31(44)35(48)46-16-14-45(15-17-46)21-23-2-10-28(11-3-23)49-22-32(37)38;/h2-13,18-20,32H,14-17,21-22H2,1H3,(H,43,47);1H. The van der Waals surface area contributed by atoms with Gasteiger partial charge in [-0.3, -0.25) is 14.5 Å². The van der Waals surface area contributed by atoms with Crippen LogP contribution in [0.3, 0.4) is 0 Å². The summed E-state index contributed by atoms with van der Waals surface area (Å²) in [7, 11) is 1.82. The fourth-order valence-electron chi connectivity index (χ4n) is 5.61. The molecule has 0 atom stereocenters. The number of aryl methyl sites for hydroxylation is 1. The lowest BCUT2D eigenvalue weighted by Gasteiger charge is -2.34. The van der Waals surface area contributed by atoms with Gasteiger partial charge < -0.3 is 24.3 Å². The highest BCUT2D eigenvalue weighted by Gasteiger charge is 2.30. The number of amides is 2. The van der Waals surface area contributed by atoms with E-state index in [4.69, 9.17) is 9.47 Å². The molecule has 0 spiro atoms. The summed E-state index contributed by atoms with van der Waals surface area (Å²) in [4.78, 5) is 34.3. The minimum absolute atomic E-state index is 0. The number of piperazine rings is 1. The summed E-state index contributed by atoms with van der Waals surface area (Å²) in [5.74, 6) is 0.461. The second-order valence-corrected chi connectivity index (χ2v) is 11.7. The first kappa shape index (κ1) is 37.2. The number of alkyl halides is 5. The van der Waals surface area contributed by atoms with Crippen molar-refractivity contribution in [1.82, 2.24) is 19.4 Å². The molecule has 51 heavy (non-hydrogen) atoms. The first-order chi connectivity index (χ1) is 23.9. The molecule has 3 aromatic carbocycles. The number of pyridine rings is 1. The van der Waals surface area contributed by atoms with Crippen LogP contribution < -0.4 is 14.8 Å². The van der Waals surface area contributed by atoms with E-state index in [1.54, 1.807) is 36.4 Å². The van der Waals surface area contributed by atoms with E-state index < -0.39 is 30.7 Å². The van der Waals surface area contributed by atoms with Crippen molar-refractivity contribution in [2.45, 2.75) is 19.1 Å². The molecule has 6 rings (SSSR count). The third-order valence-electron chi connectivity index (χ3n) is 8.29. The molecule has 1 fully saturated rings. The zero-order valence-electron chi connectivity index (χ0n) is 27.2. The normalized spacial score (nSPS) is 13.6.